The van der Waals surface area contributed by atoms with Gasteiger partial charge in [-0.3, -0.25) is 13.8 Å². The Labute approximate surface area is 187 Å². The normalized spacial score (nSPS) is 11.4. The van der Waals surface area contributed by atoms with E-state index >= 15 is 0 Å². The van der Waals surface area contributed by atoms with E-state index in [1.54, 1.807) is 23.4 Å². The van der Waals surface area contributed by atoms with Crippen molar-refractivity contribution in [2.24, 2.45) is 0 Å². The molecule has 31 heavy (non-hydrogen) atoms. The third-order valence-corrected chi connectivity index (χ3v) is 7.08. The summed E-state index contributed by atoms with van der Waals surface area (Å²) in [6.45, 7) is 2.44. The summed E-state index contributed by atoms with van der Waals surface area (Å²) in [5.41, 5.74) is 4.16. The number of hydrogen-bond acceptors (Lipinski definition) is 6. The highest BCUT2D eigenvalue weighted by atomic mass is 32.2. The van der Waals surface area contributed by atoms with Crippen LogP contribution in [0.4, 0.5) is 0 Å². The van der Waals surface area contributed by atoms with Gasteiger partial charge in [-0.25, -0.2) is 0 Å². The number of aryl methyl sites for hydroxylation is 1. The fourth-order valence-electron chi connectivity index (χ4n) is 3.57. The van der Waals surface area contributed by atoms with Crippen LogP contribution in [0.25, 0.3) is 16.0 Å². The molecule has 3 heterocycles. The Kier molecular flexibility index (Phi) is 5.25. The fourth-order valence-corrected chi connectivity index (χ4v) is 5.29. The lowest BCUT2D eigenvalue weighted by atomic mass is 10.2. The molecule has 6 nitrogen and oxygen atoms in total. The van der Waals surface area contributed by atoms with Gasteiger partial charge in [0.05, 0.1) is 19.2 Å². The quantitative estimate of drug-likeness (QED) is 0.351. The number of aromatic nitrogens is 4. The molecule has 156 valence electrons. The predicted octanol–water partition coefficient (Wildman–Crippen LogP) is 4.76. The van der Waals surface area contributed by atoms with Gasteiger partial charge in [-0.2, -0.15) is 0 Å². The molecule has 0 aliphatic rings. The zero-order valence-electron chi connectivity index (χ0n) is 17.1. The van der Waals surface area contributed by atoms with Crippen LogP contribution in [0.1, 0.15) is 16.7 Å². The van der Waals surface area contributed by atoms with Crippen molar-refractivity contribution >= 4 is 39.1 Å². The van der Waals surface area contributed by atoms with E-state index in [1.165, 1.54) is 22.5 Å². The first-order valence-electron chi connectivity index (χ1n) is 9.81. The van der Waals surface area contributed by atoms with Crippen LogP contribution in [0.15, 0.2) is 69.9 Å². The summed E-state index contributed by atoms with van der Waals surface area (Å²) in [4.78, 5) is 13.3. The van der Waals surface area contributed by atoms with E-state index in [9.17, 15) is 4.79 Å². The molecule has 2 aromatic carbocycles. The highest BCUT2D eigenvalue weighted by molar-refractivity contribution is 7.98. The predicted molar refractivity (Wildman–Crippen MR) is 125 cm³/mol. The number of thiophene rings is 1. The summed E-state index contributed by atoms with van der Waals surface area (Å²) < 4.78 is 9.85. The molecule has 8 heteroatoms. The standard InChI is InChI=1S/C23H20N4O2S2/c1-15-7-9-16(10-8-15)14-31-23-25-24-22-26(13-17-5-3-4-6-19(17)29-2)21(28)20-18(27(22)23)11-12-30-20/h3-12H,13-14H2,1-2H3. The number of fused-ring (bicyclic) bond motifs is 3. The summed E-state index contributed by atoms with van der Waals surface area (Å²) in [7, 11) is 1.64. The minimum atomic E-state index is -0.0640. The molecule has 0 bridgehead atoms. The van der Waals surface area contributed by atoms with Gasteiger partial charge in [-0.1, -0.05) is 59.8 Å². The number of thioether (sulfide) groups is 1. The topological polar surface area (TPSA) is 61.4 Å². The Morgan fingerprint density at radius 3 is 2.68 bits per heavy atom. The lowest BCUT2D eigenvalue weighted by molar-refractivity contribution is 0.408. The maximum absolute atomic E-state index is 13.3. The van der Waals surface area contributed by atoms with E-state index in [1.807, 2.05) is 40.1 Å². The number of rotatable bonds is 6. The summed E-state index contributed by atoms with van der Waals surface area (Å²) >= 11 is 3.06. The van der Waals surface area contributed by atoms with E-state index in [2.05, 4.69) is 41.4 Å². The SMILES string of the molecule is COc1ccccc1Cn1c(=O)c2sccc2n2c(SCc3ccc(C)cc3)nnc12. The van der Waals surface area contributed by atoms with Gasteiger partial charge < -0.3 is 4.74 Å². The molecule has 5 rings (SSSR count). The highest BCUT2D eigenvalue weighted by Gasteiger charge is 2.19. The molecule has 0 radical (unpaired) electrons. The van der Waals surface area contributed by atoms with Gasteiger partial charge in [0.25, 0.3) is 5.56 Å². The van der Waals surface area contributed by atoms with Crippen LogP contribution < -0.4 is 10.3 Å². The minimum Gasteiger partial charge on any atom is -0.496 e. The molecule has 0 amide bonds. The monoisotopic (exact) mass is 448 g/mol. The minimum absolute atomic E-state index is 0.0640. The van der Waals surface area contributed by atoms with Gasteiger partial charge >= 0.3 is 0 Å². The first-order valence-corrected chi connectivity index (χ1v) is 11.7. The Hall–Kier alpha value is -3.10. The van der Waals surface area contributed by atoms with Crippen LogP contribution >= 0.6 is 23.1 Å². The summed E-state index contributed by atoms with van der Waals surface area (Å²) in [6, 6.07) is 18.2. The average molecular weight is 449 g/mol. The third-order valence-electron chi connectivity index (χ3n) is 5.19. The molecule has 0 spiro atoms. The van der Waals surface area contributed by atoms with Gasteiger partial charge in [0.15, 0.2) is 5.16 Å². The van der Waals surface area contributed by atoms with Crippen LogP contribution in [0, 0.1) is 6.92 Å². The van der Waals surface area contributed by atoms with Crippen LogP contribution in [0.5, 0.6) is 5.75 Å². The van der Waals surface area contributed by atoms with Crippen molar-refractivity contribution in [2.75, 3.05) is 7.11 Å². The van der Waals surface area contributed by atoms with Crippen molar-refractivity contribution in [3.05, 3.63) is 87.0 Å². The van der Waals surface area contributed by atoms with Gasteiger partial charge in [0.1, 0.15) is 10.4 Å². The molecular weight excluding hydrogens is 428 g/mol. The molecule has 0 unspecified atom stereocenters. The lowest BCUT2D eigenvalue weighted by Gasteiger charge is -2.12. The third kappa shape index (κ3) is 3.62. The zero-order chi connectivity index (χ0) is 21.4. The number of ether oxygens (including phenoxy) is 1. The second-order valence-corrected chi connectivity index (χ2v) is 9.09. The Bertz CT molecular complexity index is 1430. The second kappa shape index (κ2) is 8.20. The second-order valence-electron chi connectivity index (χ2n) is 7.23. The van der Waals surface area contributed by atoms with Crippen LogP contribution in [0.2, 0.25) is 0 Å². The first-order chi connectivity index (χ1) is 15.2. The van der Waals surface area contributed by atoms with Crippen molar-refractivity contribution in [1.29, 1.82) is 0 Å². The average Bonchev–Trinajstić information content (AvgIpc) is 3.43. The molecule has 0 N–H and O–H groups in total. The molecule has 0 saturated heterocycles. The number of benzene rings is 2. The van der Waals surface area contributed by atoms with Gasteiger partial charge in [-0.05, 0) is 30.0 Å². The summed E-state index contributed by atoms with van der Waals surface area (Å²) in [5, 5.41) is 11.5. The van der Waals surface area contributed by atoms with Crippen molar-refractivity contribution in [1.82, 2.24) is 19.2 Å². The van der Waals surface area contributed by atoms with E-state index < -0.39 is 0 Å². The Morgan fingerprint density at radius 2 is 1.87 bits per heavy atom. The zero-order valence-corrected chi connectivity index (χ0v) is 18.7. The highest BCUT2D eigenvalue weighted by Crippen LogP contribution is 2.27. The number of methoxy groups -OCH3 is 1. The van der Waals surface area contributed by atoms with Crippen LogP contribution in [0.3, 0.4) is 0 Å². The van der Waals surface area contributed by atoms with E-state index in [0.29, 0.717) is 17.0 Å². The summed E-state index contributed by atoms with van der Waals surface area (Å²) in [5.74, 6) is 2.05. The van der Waals surface area contributed by atoms with Gasteiger partial charge in [0.2, 0.25) is 5.78 Å². The molecule has 0 aliphatic heterocycles. The fraction of sp³-hybridized carbons (Fsp3) is 0.174. The molecular formula is C23H20N4O2S2. The van der Waals surface area contributed by atoms with Crippen molar-refractivity contribution in [3.8, 4) is 5.75 Å². The van der Waals surface area contributed by atoms with Crippen molar-refractivity contribution < 1.29 is 4.74 Å². The maximum atomic E-state index is 13.3. The molecule has 5 aromatic rings. The summed E-state index contributed by atoms with van der Waals surface area (Å²) in [6.07, 6.45) is 0. The maximum Gasteiger partial charge on any atom is 0.273 e. The van der Waals surface area contributed by atoms with Crippen LogP contribution in [-0.4, -0.2) is 26.3 Å². The number of para-hydroxylation sites is 1. The molecule has 0 atom stereocenters. The molecule has 0 aliphatic carbocycles. The van der Waals surface area contributed by atoms with E-state index in [4.69, 9.17) is 4.74 Å². The van der Waals surface area contributed by atoms with E-state index in [0.717, 1.165) is 27.7 Å². The molecule has 3 aromatic heterocycles. The largest absolute Gasteiger partial charge is 0.496 e. The van der Waals surface area contributed by atoms with Gasteiger partial charge in [-0.15, -0.1) is 21.5 Å². The lowest BCUT2D eigenvalue weighted by Crippen LogP contribution is -2.23. The van der Waals surface area contributed by atoms with Crippen molar-refractivity contribution in [2.45, 2.75) is 24.4 Å². The smallest absolute Gasteiger partial charge is 0.273 e. The van der Waals surface area contributed by atoms with E-state index in [-0.39, 0.29) is 5.56 Å². The van der Waals surface area contributed by atoms with Crippen LogP contribution in [-0.2, 0) is 12.3 Å². The van der Waals surface area contributed by atoms with Crippen molar-refractivity contribution in [3.63, 3.8) is 0 Å². The number of hydrogen-bond donors (Lipinski definition) is 0. The Morgan fingerprint density at radius 1 is 1.06 bits per heavy atom. The molecule has 0 saturated carbocycles. The first kappa shape index (κ1) is 19.8. The molecule has 0 fully saturated rings. The number of nitrogens with zero attached hydrogens (tertiary/aromatic N) is 4. The Balaban J connectivity index is 1.60. The van der Waals surface area contributed by atoms with Gasteiger partial charge in [0, 0.05) is 11.3 Å².